The first kappa shape index (κ1) is 17.8. The first-order valence-electron chi connectivity index (χ1n) is 7.11. The van der Waals surface area contributed by atoms with Crippen LogP contribution in [0, 0.1) is 15.9 Å². The van der Waals surface area contributed by atoms with Crippen LogP contribution in [0.4, 0.5) is 15.8 Å². The van der Waals surface area contributed by atoms with E-state index in [1.54, 1.807) is 0 Å². The SMILES string of the molecule is O=c1[nH][nH]c(-c2cc([N+](=O)[O-])c(Cl)cc2Cl)c1C=Nc1ccc(F)cc1. The van der Waals surface area contributed by atoms with Gasteiger partial charge in [-0.1, -0.05) is 23.2 Å². The smallest absolute Gasteiger partial charge is 0.288 e. The zero-order valence-corrected chi connectivity index (χ0v) is 14.3. The quantitative estimate of drug-likeness (QED) is 0.387. The maximum absolute atomic E-state index is 12.9. The van der Waals surface area contributed by atoms with Gasteiger partial charge >= 0.3 is 0 Å². The standard InChI is InChI=1S/C16H9Cl2FN4O3/c17-12-6-13(18)14(23(25)26)5-10(12)15-11(16(24)22-21-15)7-20-9-3-1-8(19)2-4-9/h1-7H,(H2,21,22,24). The molecule has 0 atom stereocenters. The van der Waals surface area contributed by atoms with Crippen molar-refractivity contribution in [1.82, 2.24) is 10.2 Å². The summed E-state index contributed by atoms with van der Waals surface area (Å²) in [5, 5.41) is 16.1. The van der Waals surface area contributed by atoms with Gasteiger partial charge < -0.3 is 0 Å². The molecule has 0 amide bonds. The highest BCUT2D eigenvalue weighted by molar-refractivity contribution is 6.37. The lowest BCUT2D eigenvalue weighted by atomic mass is 10.1. The van der Waals surface area contributed by atoms with Gasteiger partial charge in [-0.2, -0.15) is 0 Å². The van der Waals surface area contributed by atoms with Crippen LogP contribution in [0.25, 0.3) is 11.3 Å². The Balaban J connectivity index is 2.09. The summed E-state index contributed by atoms with van der Waals surface area (Å²) in [4.78, 5) is 26.6. The summed E-state index contributed by atoms with van der Waals surface area (Å²) < 4.78 is 12.9. The Morgan fingerprint density at radius 1 is 1.12 bits per heavy atom. The average molecular weight is 395 g/mol. The van der Waals surface area contributed by atoms with Crippen LogP contribution < -0.4 is 5.56 Å². The van der Waals surface area contributed by atoms with Gasteiger partial charge in [0.1, 0.15) is 10.8 Å². The van der Waals surface area contributed by atoms with E-state index < -0.39 is 16.3 Å². The molecule has 132 valence electrons. The van der Waals surface area contributed by atoms with Crippen LogP contribution in [-0.4, -0.2) is 21.3 Å². The summed E-state index contributed by atoms with van der Waals surface area (Å²) in [5.74, 6) is -0.413. The Morgan fingerprint density at radius 3 is 2.46 bits per heavy atom. The molecular weight excluding hydrogens is 386 g/mol. The minimum absolute atomic E-state index is 0.104. The fraction of sp³-hybridized carbons (Fsp3) is 0. The van der Waals surface area contributed by atoms with Crippen LogP contribution in [0.15, 0.2) is 46.2 Å². The zero-order chi connectivity index (χ0) is 18.8. The zero-order valence-electron chi connectivity index (χ0n) is 12.8. The Hall–Kier alpha value is -2.97. The molecule has 0 aliphatic rings. The molecule has 0 aliphatic carbocycles. The van der Waals surface area contributed by atoms with Gasteiger partial charge in [0.15, 0.2) is 0 Å². The number of nitrogens with zero attached hydrogens (tertiary/aromatic N) is 2. The van der Waals surface area contributed by atoms with Crippen molar-refractivity contribution in [3.8, 4) is 11.3 Å². The number of H-pyrrole nitrogens is 2. The highest BCUT2D eigenvalue weighted by atomic mass is 35.5. The lowest BCUT2D eigenvalue weighted by Crippen LogP contribution is -2.05. The van der Waals surface area contributed by atoms with E-state index in [9.17, 15) is 19.3 Å². The van der Waals surface area contributed by atoms with Crippen molar-refractivity contribution in [3.05, 3.63) is 78.3 Å². The predicted molar refractivity (Wildman–Crippen MR) is 97.2 cm³/mol. The van der Waals surface area contributed by atoms with E-state index in [2.05, 4.69) is 15.2 Å². The molecule has 3 aromatic rings. The van der Waals surface area contributed by atoms with E-state index in [0.717, 1.165) is 0 Å². The first-order chi connectivity index (χ1) is 12.4. The van der Waals surface area contributed by atoms with Crippen molar-refractivity contribution in [2.75, 3.05) is 0 Å². The average Bonchev–Trinajstić information content (AvgIpc) is 2.95. The molecule has 10 heteroatoms. The first-order valence-corrected chi connectivity index (χ1v) is 7.86. The third-order valence-corrected chi connectivity index (χ3v) is 4.10. The van der Waals surface area contributed by atoms with Crippen LogP contribution in [0.2, 0.25) is 10.0 Å². The van der Waals surface area contributed by atoms with Crippen LogP contribution in [-0.2, 0) is 0 Å². The summed E-state index contributed by atoms with van der Waals surface area (Å²) >= 11 is 11.9. The molecule has 0 aliphatic heterocycles. The van der Waals surface area contributed by atoms with Gasteiger partial charge in [0.2, 0.25) is 0 Å². The fourth-order valence-corrected chi connectivity index (χ4v) is 2.79. The van der Waals surface area contributed by atoms with E-state index in [0.29, 0.717) is 5.69 Å². The summed E-state index contributed by atoms with van der Waals surface area (Å²) in [6.07, 6.45) is 1.26. The van der Waals surface area contributed by atoms with Crippen LogP contribution in [0.3, 0.4) is 0 Å². The molecule has 0 saturated carbocycles. The van der Waals surface area contributed by atoms with Crippen molar-refractivity contribution < 1.29 is 9.31 Å². The van der Waals surface area contributed by atoms with Crippen molar-refractivity contribution in [3.63, 3.8) is 0 Å². The molecular formula is C16H9Cl2FN4O3. The largest absolute Gasteiger partial charge is 0.297 e. The van der Waals surface area contributed by atoms with Crippen LogP contribution >= 0.6 is 23.2 Å². The highest BCUT2D eigenvalue weighted by Gasteiger charge is 2.20. The molecule has 1 heterocycles. The molecule has 2 aromatic carbocycles. The number of aromatic amines is 2. The number of hydrogen-bond donors (Lipinski definition) is 2. The van der Waals surface area contributed by atoms with Crippen LogP contribution in [0.1, 0.15) is 5.56 Å². The molecule has 2 N–H and O–H groups in total. The number of nitro groups is 1. The van der Waals surface area contributed by atoms with Crippen molar-refractivity contribution in [2.45, 2.75) is 0 Å². The molecule has 0 saturated heterocycles. The van der Waals surface area contributed by atoms with E-state index in [-0.39, 0.29) is 32.6 Å². The summed E-state index contributed by atoms with van der Waals surface area (Å²) in [7, 11) is 0. The molecule has 1 aromatic heterocycles. The fourth-order valence-electron chi connectivity index (χ4n) is 2.24. The maximum Gasteiger partial charge on any atom is 0.288 e. The normalized spacial score (nSPS) is 11.2. The second-order valence-electron chi connectivity index (χ2n) is 5.14. The van der Waals surface area contributed by atoms with E-state index in [1.807, 2.05) is 0 Å². The third-order valence-electron chi connectivity index (χ3n) is 3.49. The number of aliphatic imine (C=N–C) groups is 1. The Kier molecular flexibility index (Phi) is 4.88. The highest BCUT2D eigenvalue weighted by Crippen LogP contribution is 2.36. The molecule has 0 radical (unpaired) electrons. The number of nitrogens with one attached hydrogen (secondary N) is 2. The number of hydrogen-bond acceptors (Lipinski definition) is 4. The van der Waals surface area contributed by atoms with E-state index >= 15 is 0 Å². The van der Waals surface area contributed by atoms with E-state index in [4.69, 9.17) is 23.2 Å². The lowest BCUT2D eigenvalue weighted by Gasteiger charge is -2.04. The summed E-state index contributed by atoms with van der Waals surface area (Å²) in [6, 6.07) is 7.73. The van der Waals surface area contributed by atoms with Gasteiger partial charge in [0.25, 0.3) is 11.2 Å². The number of aromatic nitrogens is 2. The van der Waals surface area contributed by atoms with Gasteiger partial charge in [0, 0.05) is 17.8 Å². The molecule has 0 bridgehead atoms. The third kappa shape index (κ3) is 3.51. The molecule has 26 heavy (non-hydrogen) atoms. The molecule has 7 nitrogen and oxygen atoms in total. The van der Waals surface area contributed by atoms with Crippen molar-refractivity contribution >= 4 is 40.8 Å². The van der Waals surface area contributed by atoms with Gasteiger partial charge in [-0.05, 0) is 30.3 Å². The van der Waals surface area contributed by atoms with Crippen molar-refractivity contribution in [1.29, 1.82) is 0 Å². The molecule has 0 fully saturated rings. The lowest BCUT2D eigenvalue weighted by molar-refractivity contribution is -0.384. The Labute approximate surface area is 155 Å². The van der Waals surface area contributed by atoms with E-state index in [1.165, 1.54) is 42.6 Å². The molecule has 3 rings (SSSR count). The maximum atomic E-state index is 12.9. The second kappa shape index (κ2) is 7.11. The summed E-state index contributed by atoms with van der Waals surface area (Å²) in [6.45, 7) is 0. The van der Waals surface area contributed by atoms with Gasteiger partial charge in [-0.3, -0.25) is 30.1 Å². The number of rotatable bonds is 4. The topological polar surface area (TPSA) is 104 Å². The van der Waals surface area contributed by atoms with Gasteiger partial charge in [0.05, 0.1) is 26.9 Å². The number of halogens is 3. The monoisotopic (exact) mass is 394 g/mol. The minimum Gasteiger partial charge on any atom is -0.297 e. The van der Waals surface area contributed by atoms with Gasteiger partial charge in [-0.25, -0.2) is 4.39 Å². The predicted octanol–water partition coefficient (Wildman–Crippen LogP) is 4.47. The molecule has 0 unspecified atom stereocenters. The Bertz CT molecular complexity index is 1070. The summed E-state index contributed by atoms with van der Waals surface area (Å²) in [5.41, 5.74) is 0.0975. The van der Waals surface area contributed by atoms with Crippen molar-refractivity contribution in [2.24, 2.45) is 4.99 Å². The van der Waals surface area contributed by atoms with Crippen LogP contribution in [0.5, 0.6) is 0 Å². The number of benzene rings is 2. The molecule has 0 spiro atoms. The second-order valence-corrected chi connectivity index (χ2v) is 5.96. The van der Waals surface area contributed by atoms with Gasteiger partial charge in [-0.15, -0.1) is 0 Å². The minimum atomic E-state index is -0.654. The Morgan fingerprint density at radius 2 is 1.81 bits per heavy atom. The number of nitro benzene ring substituents is 1.